The van der Waals surface area contributed by atoms with E-state index in [-0.39, 0.29) is 23.6 Å². The number of carbonyl (C=O) groups is 1. The van der Waals surface area contributed by atoms with Crippen molar-refractivity contribution in [2.45, 2.75) is 38.6 Å². The van der Waals surface area contributed by atoms with E-state index < -0.39 is 15.7 Å². The fourth-order valence-electron chi connectivity index (χ4n) is 2.90. The molecule has 0 bridgehead atoms. The summed E-state index contributed by atoms with van der Waals surface area (Å²) < 4.78 is 27.7. The number of aryl methyl sites for hydroxylation is 3. The van der Waals surface area contributed by atoms with Crippen molar-refractivity contribution in [1.82, 2.24) is 4.57 Å². The largest absolute Gasteiger partial charge is 0.305 e. The van der Waals surface area contributed by atoms with E-state index in [1.54, 1.807) is 24.3 Å². The zero-order valence-electron chi connectivity index (χ0n) is 16.6. The second-order valence-electron chi connectivity index (χ2n) is 6.97. The zero-order chi connectivity index (χ0) is 21.2. The fraction of sp³-hybridized carbons (Fsp3) is 0.273. The third-order valence-electron chi connectivity index (χ3n) is 4.73. The van der Waals surface area contributed by atoms with Crippen LogP contribution in [0.2, 0.25) is 0 Å². The molecule has 3 rings (SSSR count). The number of rotatable bonds is 5. The average molecular weight is 427 g/mol. The molecule has 0 aliphatic heterocycles. The lowest BCUT2D eigenvalue weighted by Crippen LogP contribution is -2.18. The molecule has 0 saturated heterocycles. The van der Waals surface area contributed by atoms with E-state index in [0.29, 0.717) is 4.80 Å². The molecule has 1 aromatic heterocycles. The standard InChI is InChI=1S/C22H22N2O3S2/c1-5-11-24-19-13-16(3)17(4)14-20(19)28-22(24)23-21(25)10-12-29(26,27)18-8-6-15(2)7-9-18/h1,6-9,13-14H,10-12H2,2-4H3. The Labute approximate surface area is 174 Å². The molecule has 0 saturated carbocycles. The Kier molecular flexibility index (Phi) is 6.06. The van der Waals surface area contributed by atoms with Crippen LogP contribution in [0, 0.1) is 33.1 Å². The molecule has 1 amide bonds. The van der Waals surface area contributed by atoms with E-state index in [0.717, 1.165) is 26.9 Å². The number of fused-ring (bicyclic) bond motifs is 1. The molecule has 0 fully saturated rings. The lowest BCUT2D eigenvalue weighted by molar-refractivity contribution is -0.117. The van der Waals surface area contributed by atoms with Crippen LogP contribution in [0.1, 0.15) is 23.1 Å². The normalized spacial score (nSPS) is 12.3. The second-order valence-corrected chi connectivity index (χ2v) is 10.1. The summed E-state index contributed by atoms with van der Waals surface area (Å²) >= 11 is 1.38. The number of terminal acetylenes is 1. The van der Waals surface area contributed by atoms with Crippen LogP contribution in [0.25, 0.3) is 10.2 Å². The summed E-state index contributed by atoms with van der Waals surface area (Å²) in [5.41, 5.74) is 4.18. The Hall–Kier alpha value is -2.69. The minimum absolute atomic E-state index is 0.182. The van der Waals surface area contributed by atoms with Gasteiger partial charge in [-0.1, -0.05) is 35.0 Å². The van der Waals surface area contributed by atoms with Gasteiger partial charge in [0.05, 0.1) is 27.4 Å². The minimum Gasteiger partial charge on any atom is -0.305 e. The summed E-state index contributed by atoms with van der Waals surface area (Å²) in [7, 11) is -3.54. The maximum atomic E-state index is 12.5. The van der Waals surface area contributed by atoms with Crippen molar-refractivity contribution in [2.75, 3.05) is 5.75 Å². The van der Waals surface area contributed by atoms with Gasteiger partial charge in [0, 0.05) is 6.42 Å². The maximum Gasteiger partial charge on any atom is 0.249 e. The number of hydrogen-bond acceptors (Lipinski definition) is 4. The zero-order valence-corrected chi connectivity index (χ0v) is 18.2. The van der Waals surface area contributed by atoms with E-state index in [1.165, 1.54) is 11.3 Å². The predicted molar refractivity (Wildman–Crippen MR) is 117 cm³/mol. The highest BCUT2D eigenvalue weighted by Crippen LogP contribution is 2.22. The van der Waals surface area contributed by atoms with Crippen LogP contribution in [-0.2, 0) is 21.2 Å². The molecule has 5 nitrogen and oxygen atoms in total. The summed E-state index contributed by atoms with van der Waals surface area (Å²) in [5.74, 6) is 1.83. The van der Waals surface area contributed by atoms with Crippen LogP contribution in [-0.4, -0.2) is 24.6 Å². The first kappa shape index (κ1) is 21.0. The van der Waals surface area contributed by atoms with Gasteiger partial charge in [-0.2, -0.15) is 4.99 Å². The summed E-state index contributed by atoms with van der Waals surface area (Å²) in [6.45, 7) is 6.22. The summed E-state index contributed by atoms with van der Waals surface area (Å²) in [6, 6.07) is 10.7. The van der Waals surface area contributed by atoms with Crippen LogP contribution in [0.4, 0.5) is 0 Å². The van der Waals surface area contributed by atoms with E-state index in [4.69, 9.17) is 6.42 Å². The molecule has 2 aromatic carbocycles. The molecule has 0 atom stereocenters. The molecule has 0 spiro atoms. The van der Waals surface area contributed by atoms with Crippen molar-refractivity contribution in [3.8, 4) is 12.3 Å². The van der Waals surface area contributed by atoms with E-state index >= 15 is 0 Å². The van der Waals surface area contributed by atoms with E-state index in [2.05, 4.69) is 10.9 Å². The van der Waals surface area contributed by atoms with Gasteiger partial charge in [0.15, 0.2) is 14.6 Å². The molecular weight excluding hydrogens is 404 g/mol. The fourth-order valence-corrected chi connectivity index (χ4v) is 5.26. The summed E-state index contributed by atoms with van der Waals surface area (Å²) in [5, 5.41) is 0. The van der Waals surface area contributed by atoms with Gasteiger partial charge in [-0.05, 0) is 56.2 Å². The third kappa shape index (κ3) is 4.66. The molecule has 1 heterocycles. The molecule has 0 radical (unpaired) electrons. The van der Waals surface area contributed by atoms with Crippen molar-refractivity contribution in [3.05, 3.63) is 57.9 Å². The van der Waals surface area contributed by atoms with Crippen molar-refractivity contribution >= 4 is 37.3 Å². The van der Waals surface area contributed by atoms with Crippen molar-refractivity contribution in [3.63, 3.8) is 0 Å². The number of amides is 1. The molecule has 7 heteroatoms. The monoisotopic (exact) mass is 426 g/mol. The Morgan fingerprint density at radius 3 is 2.45 bits per heavy atom. The topological polar surface area (TPSA) is 68.5 Å². The van der Waals surface area contributed by atoms with Gasteiger partial charge in [0.1, 0.15) is 0 Å². The van der Waals surface area contributed by atoms with Gasteiger partial charge in [-0.3, -0.25) is 4.79 Å². The van der Waals surface area contributed by atoms with Crippen molar-refractivity contribution in [1.29, 1.82) is 0 Å². The molecule has 0 aliphatic carbocycles. The van der Waals surface area contributed by atoms with Gasteiger partial charge in [-0.15, -0.1) is 6.42 Å². The van der Waals surface area contributed by atoms with Gasteiger partial charge in [0.2, 0.25) is 5.91 Å². The molecule has 150 valence electrons. The van der Waals surface area contributed by atoms with Gasteiger partial charge in [-0.25, -0.2) is 8.42 Å². The molecule has 0 N–H and O–H groups in total. The van der Waals surface area contributed by atoms with Gasteiger partial charge in [0.25, 0.3) is 0 Å². The maximum absolute atomic E-state index is 12.5. The highest BCUT2D eigenvalue weighted by Gasteiger charge is 2.16. The number of sulfone groups is 1. The predicted octanol–water partition coefficient (Wildman–Crippen LogP) is 3.55. The average Bonchev–Trinajstić information content (AvgIpc) is 2.97. The number of hydrogen-bond donors (Lipinski definition) is 0. The van der Waals surface area contributed by atoms with Crippen molar-refractivity contribution in [2.24, 2.45) is 4.99 Å². The SMILES string of the molecule is C#CCn1c(=NC(=O)CCS(=O)(=O)c2ccc(C)cc2)sc2cc(C)c(C)cc21. The second kappa shape index (κ2) is 8.36. The van der Waals surface area contributed by atoms with Crippen LogP contribution >= 0.6 is 11.3 Å². The molecule has 0 aliphatic rings. The molecule has 0 unspecified atom stereocenters. The Bertz CT molecular complexity index is 1290. The first-order valence-electron chi connectivity index (χ1n) is 9.12. The lowest BCUT2D eigenvalue weighted by Gasteiger charge is -2.04. The first-order valence-corrected chi connectivity index (χ1v) is 11.6. The van der Waals surface area contributed by atoms with Crippen LogP contribution < -0.4 is 4.80 Å². The first-order chi connectivity index (χ1) is 13.7. The molecular formula is C22H22N2O3S2. The smallest absolute Gasteiger partial charge is 0.249 e. The van der Waals surface area contributed by atoms with E-state index in [9.17, 15) is 13.2 Å². The Morgan fingerprint density at radius 2 is 1.79 bits per heavy atom. The van der Waals surface area contributed by atoms with Gasteiger partial charge < -0.3 is 4.57 Å². The number of nitrogens with zero attached hydrogens (tertiary/aromatic N) is 2. The van der Waals surface area contributed by atoms with Crippen LogP contribution in [0.15, 0.2) is 46.3 Å². The Morgan fingerprint density at radius 1 is 1.14 bits per heavy atom. The molecule has 3 aromatic rings. The summed E-state index contributed by atoms with van der Waals surface area (Å²) in [6.07, 6.45) is 5.32. The quantitative estimate of drug-likeness (QED) is 0.586. The molecule has 29 heavy (non-hydrogen) atoms. The van der Waals surface area contributed by atoms with Crippen molar-refractivity contribution < 1.29 is 13.2 Å². The number of benzene rings is 2. The van der Waals surface area contributed by atoms with E-state index in [1.807, 2.05) is 37.5 Å². The Balaban J connectivity index is 1.89. The minimum atomic E-state index is -3.54. The number of aromatic nitrogens is 1. The highest BCUT2D eigenvalue weighted by molar-refractivity contribution is 7.91. The third-order valence-corrected chi connectivity index (χ3v) is 7.51. The highest BCUT2D eigenvalue weighted by atomic mass is 32.2. The summed E-state index contributed by atoms with van der Waals surface area (Å²) in [4.78, 5) is 17.3. The number of thiazole rings is 1. The number of carbonyl (C=O) groups excluding carboxylic acids is 1. The van der Waals surface area contributed by atoms with Gasteiger partial charge >= 0.3 is 0 Å². The lowest BCUT2D eigenvalue weighted by atomic mass is 10.1. The van der Waals surface area contributed by atoms with Crippen LogP contribution in [0.5, 0.6) is 0 Å². The van der Waals surface area contributed by atoms with Crippen LogP contribution in [0.3, 0.4) is 0 Å².